The molecular formula is C19H20BrN5O. The van der Waals surface area contributed by atoms with Crippen molar-refractivity contribution in [3.05, 3.63) is 64.9 Å². The summed E-state index contributed by atoms with van der Waals surface area (Å²) in [6.45, 7) is 1.40. The molecule has 0 aliphatic heterocycles. The van der Waals surface area contributed by atoms with Crippen LogP contribution in [0.1, 0.15) is 12.0 Å². The topological polar surface area (TPSA) is 83.0 Å². The number of aliphatic hydroxyl groups is 1. The molecular weight excluding hydrogens is 394 g/mol. The van der Waals surface area contributed by atoms with Crippen LogP contribution in [-0.4, -0.2) is 33.2 Å². The lowest BCUT2D eigenvalue weighted by molar-refractivity contribution is 0.292. The van der Waals surface area contributed by atoms with Crippen LogP contribution in [0.3, 0.4) is 0 Å². The van der Waals surface area contributed by atoms with Crippen molar-refractivity contribution in [2.75, 3.05) is 23.8 Å². The van der Waals surface area contributed by atoms with Gasteiger partial charge in [-0.15, -0.1) is 0 Å². The minimum atomic E-state index is 0.129. The number of nitrogens with one attached hydrogen (secondary N) is 2. The Morgan fingerprint density at radius 1 is 1.04 bits per heavy atom. The lowest BCUT2D eigenvalue weighted by atomic mass is 10.2. The number of hydrogen-bond donors (Lipinski definition) is 3. The van der Waals surface area contributed by atoms with Gasteiger partial charge in [-0.05, 0) is 36.2 Å². The maximum atomic E-state index is 8.96. The Balaban J connectivity index is 1.80. The van der Waals surface area contributed by atoms with E-state index in [0.29, 0.717) is 25.5 Å². The van der Waals surface area contributed by atoms with Gasteiger partial charge in [0.2, 0.25) is 5.95 Å². The largest absolute Gasteiger partial charge is 0.396 e. The summed E-state index contributed by atoms with van der Waals surface area (Å²) >= 11 is 3.44. The van der Waals surface area contributed by atoms with Crippen LogP contribution in [-0.2, 0) is 6.54 Å². The van der Waals surface area contributed by atoms with Gasteiger partial charge in [0.15, 0.2) is 0 Å². The fourth-order valence-corrected chi connectivity index (χ4v) is 2.62. The number of benzene rings is 1. The van der Waals surface area contributed by atoms with Gasteiger partial charge in [-0.1, -0.05) is 28.1 Å². The van der Waals surface area contributed by atoms with E-state index in [-0.39, 0.29) is 6.61 Å². The molecule has 2 heterocycles. The second-order valence-corrected chi connectivity index (χ2v) is 6.60. The van der Waals surface area contributed by atoms with Crippen molar-refractivity contribution in [2.45, 2.75) is 13.0 Å². The van der Waals surface area contributed by atoms with Crippen molar-refractivity contribution in [1.82, 2.24) is 15.0 Å². The molecule has 0 amide bonds. The van der Waals surface area contributed by atoms with Crippen LogP contribution in [0.15, 0.2) is 59.3 Å². The normalized spacial score (nSPS) is 10.5. The third kappa shape index (κ3) is 5.24. The number of halogens is 1. The van der Waals surface area contributed by atoms with Gasteiger partial charge in [0.05, 0.1) is 5.69 Å². The second kappa shape index (κ2) is 9.26. The zero-order chi connectivity index (χ0) is 18.2. The molecule has 7 heteroatoms. The number of pyridine rings is 1. The summed E-state index contributed by atoms with van der Waals surface area (Å²) in [6.07, 6.45) is 4.15. The van der Waals surface area contributed by atoms with Gasteiger partial charge in [0.1, 0.15) is 5.82 Å². The number of aliphatic hydroxyl groups excluding tert-OH is 1. The molecule has 26 heavy (non-hydrogen) atoms. The molecule has 0 radical (unpaired) electrons. The van der Waals surface area contributed by atoms with Crippen molar-refractivity contribution in [3.8, 4) is 11.3 Å². The smallest absolute Gasteiger partial charge is 0.225 e. The second-order valence-electron chi connectivity index (χ2n) is 5.69. The minimum absolute atomic E-state index is 0.129. The molecule has 0 spiro atoms. The van der Waals surface area contributed by atoms with Crippen molar-refractivity contribution >= 4 is 27.7 Å². The summed E-state index contributed by atoms with van der Waals surface area (Å²) in [4.78, 5) is 13.2. The van der Waals surface area contributed by atoms with Crippen molar-refractivity contribution in [2.24, 2.45) is 0 Å². The van der Waals surface area contributed by atoms with Crippen LogP contribution in [0.25, 0.3) is 11.3 Å². The van der Waals surface area contributed by atoms with E-state index in [2.05, 4.69) is 53.6 Å². The van der Waals surface area contributed by atoms with E-state index in [0.717, 1.165) is 27.1 Å². The fourth-order valence-electron chi connectivity index (χ4n) is 2.35. The Bertz CT molecular complexity index is 827. The zero-order valence-electron chi connectivity index (χ0n) is 14.2. The highest BCUT2D eigenvalue weighted by Gasteiger charge is 2.07. The molecule has 0 saturated heterocycles. The van der Waals surface area contributed by atoms with E-state index in [9.17, 15) is 0 Å². The van der Waals surface area contributed by atoms with Crippen LogP contribution < -0.4 is 10.6 Å². The Kier molecular flexibility index (Phi) is 6.51. The molecule has 3 rings (SSSR count). The first-order valence-electron chi connectivity index (χ1n) is 8.37. The van der Waals surface area contributed by atoms with Gasteiger partial charge in [-0.25, -0.2) is 4.98 Å². The average Bonchev–Trinajstić information content (AvgIpc) is 2.68. The first-order chi connectivity index (χ1) is 12.7. The maximum Gasteiger partial charge on any atom is 0.225 e. The van der Waals surface area contributed by atoms with E-state index in [4.69, 9.17) is 5.11 Å². The Morgan fingerprint density at radius 3 is 2.62 bits per heavy atom. The van der Waals surface area contributed by atoms with Gasteiger partial charge >= 0.3 is 0 Å². The quantitative estimate of drug-likeness (QED) is 0.488. The average molecular weight is 414 g/mol. The highest BCUT2D eigenvalue weighted by Crippen LogP contribution is 2.21. The number of anilines is 2. The van der Waals surface area contributed by atoms with Gasteiger partial charge in [0.25, 0.3) is 0 Å². The first kappa shape index (κ1) is 18.3. The van der Waals surface area contributed by atoms with Gasteiger partial charge in [-0.2, -0.15) is 4.98 Å². The van der Waals surface area contributed by atoms with E-state index < -0.39 is 0 Å². The summed E-state index contributed by atoms with van der Waals surface area (Å²) in [5.74, 6) is 1.26. The van der Waals surface area contributed by atoms with E-state index >= 15 is 0 Å². The molecule has 134 valence electrons. The summed E-state index contributed by atoms with van der Waals surface area (Å²) in [7, 11) is 0. The Hall–Kier alpha value is -2.51. The molecule has 0 atom stereocenters. The molecule has 0 saturated carbocycles. The van der Waals surface area contributed by atoms with Crippen LogP contribution in [0, 0.1) is 0 Å². The van der Waals surface area contributed by atoms with E-state index in [1.54, 1.807) is 12.4 Å². The Labute approximate surface area is 160 Å². The van der Waals surface area contributed by atoms with E-state index in [1.807, 2.05) is 30.3 Å². The maximum absolute atomic E-state index is 8.96. The number of aromatic nitrogens is 3. The number of hydrogen-bond acceptors (Lipinski definition) is 6. The SMILES string of the molecule is OCCCNc1nc(NCc2ccc(Br)cc2)cc(-c2cccnc2)n1. The van der Waals surface area contributed by atoms with Gasteiger partial charge in [-0.3, -0.25) is 4.98 Å². The summed E-state index contributed by atoms with van der Waals surface area (Å²) in [6, 6.07) is 13.9. The molecule has 6 nitrogen and oxygen atoms in total. The molecule has 2 aromatic heterocycles. The summed E-state index contributed by atoms with van der Waals surface area (Å²) < 4.78 is 1.05. The van der Waals surface area contributed by atoms with Crippen LogP contribution >= 0.6 is 15.9 Å². The lowest BCUT2D eigenvalue weighted by Crippen LogP contribution is -2.10. The van der Waals surface area contributed by atoms with Crippen molar-refractivity contribution in [3.63, 3.8) is 0 Å². The highest BCUT2D eigenvalue weighted by molar-refractivity contribution is 9.10. The van der Waals surface area contributed by atoms with Crippen molar-refractivity contribution in [1.29, 1.82) is 0 Å². The van der Waals surface area contributed by atoms with Gasteiger partial charge in [0, 0.05) is 48.2 Å². The van der Waals surface area contributed by atoms with Crippen molar-refractivity contribution < 1.29 is 5.11 Å². The fraction of sp³-hybridized carbons (Fsp3) is 0.211. The standard InChI is InChI=1S/C19H20BrN5O/c20-16-6-4-14(5-7-16)12-23-18-11-17(15-3-1-8-21-13-15)24-19(25-18)22-9-2-10-26/h1,3-8,11,13,26H,2,9-10,12H2,(H2,22,23,24,25). The number of nitrogens with zero attached hydrogens (tertiary/aromatic N) is 3. The van der Waals surface area contributed by atoms with Crippen LogP contribution in [0.2, 0.25) is 0 Å². The third-order valence-corrected chi connectivity index (χ3v) is 4.22. The first-order valence-corrected chi connectivity index (χ1v) is 9.16. The molecule has 0 unspecified atom stereocenters. The predicted octanol–water partition coefficient (Wildman–Crippen LogP) is 3.71. The molecule has 0 aliphatic rings. The molecule has 3 N–H and O–H groups in total. The van der Waals surface area contributed by atoms with Crippen LogP contribution in [0.5, 0.6) is 0 Å². The third-order valence-electron chi connectivity index (χ3n) is 3.69. The lowest BCUT2D eigenvalue weighted by Gasteiger charge is -2.11. The zero-order valence-corrected chi connectivity index (χ0v) is 15.8. The summed E-state index contributed by atoms with van der Waals surface area (Å²) in [5.41, 5.74) is 2.87. The molecule has 1 aromatic carbocycles. The Morgan fingerprint density at radius 2 is 1.88 bits per heavy atom. The number of rotatable bonds is 8. The van der Waals surface area contributed by atoms with Gasteiger partial charge < -0.3 is 15.7 Å². The van der Waals surface area contributed by atoms with Crippen LogP contribution in [0.4, 0.5) is 11.8 Å². The molecule has 0 aliphatic carbocycles. The predicted molar refractivity (Wildman–Crippen MR) is 107 cm³/mol. The molecule has 0 fully saturated rings. The van der Waals surface area contributed by atoms with E-state index in [1.165, 1.54) is 0 Å². The highest BCUT2D eigenvalue weighted by atomic mass is 79.9. The summed E-state index contributed by atoms with van der Waals surface area (Å²) in [5, 5.41) is 15.5. The monoisotopic (exact) mass is 413 g/mol. The minimum Gasteiger partial charge on any atom is -0.396 e. The molecule has 3 aromatic rings. The molecule has 0 bridgehead atoms.